The molecule has 0 aromatic heterocycles. The van der Waals surface area contributed by atoms with Crippen molar-refractivity contribution >= 4 is 70.8 Å². The van der Waals surface area contributed by atoms with E-state index in [2.05, 4.69) is 74.0 Å². The molecule has 2 aliphatic heterocycles. The number of hydrogen-bond acceptors (Lipinski definition) is 25. The number of carbonyl (C=O) groups is 12. The monoisotopic (exact) mass is 2060 g/mol. The minimum absolute atomic E-state index is 0.0236. The lowest BCUT2D eigenvalue weighted by Crippen LogP contribution is -2.62. The van der Waals surface area contributed by atoms with Gasteiger partial charge < -0.3 is 106 Å². The van der Waals surface area contributed by atoms with Crippen molar-refractivity contribution in [3.8, 4) is 12.3 Å². The van der Waals surface area contributed by atoms with Crippen molar-refractivity contribution in [1.29, 1.82) is 0 Å². The van der Waals surface area contributed by atoms with Crippen LogP contribution in [0.1, 0.15) is 471 Å². The number of rotatable bonds is 96. The van der Waals surface area contributed by atoms with Crippen LogP contribution in [0.3, 0.4) is 0 Å². The minimum Gasteiger partial charge on any atom is -0.464 e. The number of alkyl carbamates (subject to hydrolysis) is 1. The first kappa shape index (κ1) is 136. The lowest BCUT2D eigenvalue weighted by atomic mass is 9.98. The number of aliphatic hydroxyl groups excluding tert-OH is 5. The summed E-state index contributed by atoms with van der Waals surface area (Å²) < 4.78 is 42.2. The predicted molar refractivity (Wildman–Crippen MR) is 566 cm³/mol. The highest BCUT2D eigenvalue weighted by Crippen LogP contribution is 2.29. The minimum atomic E-state index is -1.81. The first-order valence-electron chi connectivity index (χ1n) is 57.1. The summed E-state index contributed by atoms with van der Waals surface area (Å²) in [6, 6.07) is -4.45. The van der Waals surface area contributed by atoms with Gasteiger partial charge in [-0.2, -0.15) is 0 Å². The van der Waals surface area contributed by atoms with Crippen LogP contribution in [0.15, 0.2) is 0 Å². The van der Waals surface area contributed by atoms with Crippen LogP contribution in [0, 0.1) is 12.3 Å². The SMILES string of the molecule is C#CCCCC(=O)N[C@@H](CCCCNC(=O)CCCCCCCCCCCCCCCCC)C(=O)CCC(=O)N[C@@H](CCCCNC(=O)CCCCCCCCCCCCCCCCC)C(=O)CCC(=O)N[C@@H](CCCCNC(=O)CCCCCCCCCCCCCCCCC)C(=O)CCC(=O)NCCCC[C@H](NC(=O)O[C@@H]1C(O)[C@@H](OC)OC(CO[C@@H]2OC(COC)[C@@H](O)[C@H](O)C2O)[C@H]1O)C(=O)OCC.COC. The maximum atomic E-state index is 14.4. The number of amides is 8. The van der Waals surface area contributed by atoms with E-state index in [0.717, 1.165) is 70.6 Å². The van der Waals surface area contributed by atoms with Gasteiger partial charge in [-0.25, -0.2) is 9.59 Å². The normalized spacial score (nSPS) is 18.4. The molecule has 0 aliphatic carbocycles. The number of esters is 1. The summed E-state index contributed by atoms with van der Waals surface area (Å²) in [6.07, 6.45) is 47.2. The second kappa shape index (κ2) is 94.4. The van der Waals surface area contributed by atoms with E-state index >= 15 is 0 Å². The molecule has 0 spiro atoms. The highest BCUT2D eigenvalue weighted by Gasteiger charge is 2.50. The Kier molecular flexibility index (Phi) is 88.6. The molecule has 2 heterocycles. The van der Waals surface area contributed by atoms with E-state index < -0.39 is 134 Å². The fraction of sp³-hybridized carbons (Fsp3) is 0.875. The Bertz CT molecular complexity index is 3360. The molecule has 0 saturated carbocycles. The molecular formula is C112H204N8O25. The number of nitrogens with one attached hydrogen (secondary N) is 8. The Balaban J connectivity index is 0.0000346. The summed E-state index contributed by atoms with van der Waals surface area (Å²) in [7, 11) is 5.77. The predicted octanol–water partition coefficient (Wildman–Crippen LogP) is 17.1. The van der Waals surface area contributed by atoms with Crippen LogP contribution < -0.4 is 42.5 Å². The molecule has 145 heavy (non-hydrogen) atoms. The maximum absolute atomic E-state index is 14.4. The number of aliphatic hydroxyl groups is 5. The summed E-state index contributed by atoms with van der Waals surface area (Å²) in [4.78, 5) is 163. The lowest BCUT2D eigenvalue weighted by molar-refractivity contribution is -0.328. The zero-order chi connectivity index (χ0) is 107. The van der Waals surface area contributed by atoms with E-state index in [1.807, 2.05) is 0 Å². The van der Waals surface area contributed by atoms with Crippen LogP contribution >= 0.6 is 0 Å². The van der Waals surface area contributed by atoms with Gasteiger partial charge in [0.2, 0.25) is 41.4 Å². The van der Waals surface area contributed by atoms with Gasteiger partial charge in [0, 0.05) is 125 Å². The average molecular weight is 2060 g/mol. The van der Waals surface area contributed by atoms with Crippen LogP contribution in [-0.2, 0) is 90.6 Å². The molecule has 14 atom stereocenters. The van der Waals surface area contributed by atoms with Gasteiger partial charge in [-0.05, 0) is 110 Å². The molecule has 0 aromatic rings. The van der Waals surface area contributed by atoms with Crippen LogP contribution in [0.5, 0.6) is 0 Å². The number of ketones is 3. The summed E-state index contributed by atoms with van der Waals surface area (Å²) >= 11 is 0. The van der Waals surface area contributed by atoms with Gasteiger partial charge in [-0.15, -0.1) is 12.3 Å². The highest BCUT2D eigenvalue weighted by molar-refractivity contribution is 5.95. The van der Waals surface area contributed by atoms with Crippen LogP contribution in [0.4, 0.5) is 4.79 Å². The first-order chi connectivity index (χ1) is 70.3. The molecule has 0 bridgehead atoms. The smallest absolute Gasteiger partial charge is 0.408 e. The first-order valence-corrected chi connectivity index (χ1v) is 57.1. The molecule has 33 nitrogen and oxygen atoms in total. The van der Waals surface area contributed by atoms with Gasteiger partial charge >= 0.3 is 12.1 Å². The van der Waals surface area contributed by atoms with E-state index in [1.54, 1.807) is 21.1 Å². The zero-order valence-corrected chi connectivity index (χ0v) is 91.3. The van der Waals surface area contributed by atoms with Gasteiger partial charge in [0.15, 0.2) is 36.0 Å². The van der Waals surface area contributed by atoms with E-state index in [0.29, 0.717) is 90.3 Å². The Labute approximate surface area is 872 Å². The Morgan fingerprint density at radius 1 is 0.303 bits per heavy atom. The van der Waals surface area contributed by atoms with E-state index in [1.165, 1.54) is 233 Å². The van der Waals surface area contributed by atoms with Gasteiger partial charge in [-0.3, -0.25) is 47.9 Å². The molecule has 2 aliphatic rings. The molecule has 842 valence electrons. The molecule has 2 rings (SSSR count). The number of terminal acetylenes is 1. The summed E-state index contributed by atoms with van der Waals surface area (Å²) in [6.45, 7) is 8.60. The average Bonchev–Trinajstić information content (AvgIpc) is 0.793. The summed E-state index contributed by atoms with van der Waals surface area (Å²) in [5.41, 5.74) is 0. The third kappa shape index (κ3) is 73.1. The molecule has 2 saturated heterocycles. The highest BCUT2D eigenvalue weighted by atomic mass is 16.7. The lowest BCUT2D eigenvalue weighted by Gasteiger charge is -2.43. The number of methoxy groups -OCH3 is 3. The van der Waals surface area contributed by atoms with E-state index in [4.69, 9.17) is 39.6 Å². The summed E-state index contributed by atoms with van der Waals surface area (Å²) in [5.74, 6) is -1.91. The van der Waals surface area contributed by atoms with Gasteiger partial charge in [-0.1, -0.05) is 290 Å². The fourth-order valence-electron chi connectivity index (χ4n) is 18.2. The van der Waals surface area contributed by atoms with Gasteiger partial charge in [0.1, 0.15) is 48.8 Å². The van der Waals surface area contributed by atoms with Crippen molar-refractivity contribution in [3.63, 3.8) is 0 Å². The van der Waals surface area contributed by atoms with Gasteiger partial charge in [0.25, 0.3) is 0 Å². The number of carbonyl (C=O) groups excluding carboxylic acids is 12. The second-order valence-corrected chi connectivity index (χ2v) is 40.1. The number of ether oxygens (including phenoxy) is 8. The van der Waals surface area contributed by atoms with Crippen molar-refractivity contribution < 1.29 is 121 Å². The van der Waals surface area contributed by atoms with Crippen molar-refractivity contribution in [3.05, 3.63) is 0 Å². The van der Waals surface area contributed by atoms with E-state index in [9.17, 15) is 83.1 Å². The molecule has 8 amide bonds. The van der Waals surface area contributed by atoms with E-state index in [-0.39, 0.29) is 133 Å². The molecule has 0 radical (unpaired) electrons. The molecule has 13 N–H and O–H groups in total. The van der Waals surface area contributed by atoms with Crippen LogP contribution in [0.2, 0.25) is 0 Å². The van der Waals surface area contributed by atoms with Crippen molar-refractivity contribution in [2.24, 2.45) is 0 Å². The standard InChI is InChI=1S/C110H198N8O24.C2H6O/c1-8-13-17-20-23-26-29-32-35-38-41-44-47-50-54-69-94(122)111-79-61-57-65-85(115-98(126)72-53-16-11-4)90(120)74-77-100(128)117-87(67-59-63-81-113-96(124)71-56-52-49-46-43-40-37-34-31-28-25-22-19-15-10-3)91(121)75-78-99(127)116-86(66-58-62-80-112-95(123)70-55-51-48-45-42-39-36-33-30-27-24-21-18-14-9-2)89(119)73-76-97(125)114-82-64-60-68-88(107(134)138-12-5)118-110(135)142-106-102(130)93(140-108(137-7)105(106)133)84-139-109-104(132)103(131)101(129)92(141-109)83-136-6;1-3-2/h4,85-88,92-93,101-106,108-109,129-133H,8-10,12-84H2,1-3,5-7H3,(H,111,122)(H,112,123)(H,113,124)(H,114,125)(H,115,126)(H,116,127)(H,117,128)(H,118,135);1-2H3/t85-,86-,87-,88-,92?,93?,101+,102+,103-,104?,105?,106-,108-,109+;/m0./s1. The maximum Gasteiger partial charge on any atom is 0.408 e. The fourth-order valence-corrected chi connectivity index (χ4v) is 18.2. The third-order valence-electron chi connectivity index (χ3n) is 27.1. The molecule has 0 aromatic carbocycles. The molecular weight excluding hydrogens is 1860 g/mol. The Hall–Kier alpha value is -6.84. The quantitative estimate of drug-likeness (QED) is 0.0153. The zero-order valence-electron chi connectivity index (χ0n) is 91.3. The molecule has 33 heteroatoms. The Morgan fingerprint density at radius 3 is 0.910 bits per heavy atom. The van der Waals surface area contributed by atoms with Crippen LogP contribution in [0.25, 0.3) is 0 Å². The largest absolute Gasteiger partial charge is 0.464 e. The number of hydrogen-bond donors (Lipinski definition) is 13. The molecule has 4 unspecified atom stereocenters. The van der Waals surface area contributed by atoms with Crippen molar-refractivity contribution in [1.82, 2.24) is 42.5 Å². The van der Waals surface area contributed by atoms with Crippen molar-refractivity contribution in [2.45, 2.75) is 556 Å². The summed E-state index contributed by atoms with van der Waals surface area (Å²) in [5, 5.41) is 76.6. The second-order valence-electron chi connectivity index (χ2n) is 40.1. The number of unbranched alkanes of at least 4 members (excludes halogenated alkanes) is 47. The van der Waals surface area contributed by atoms with Crippen LogP contribution in [-0.4, -0.2) is 256 Å². The number of Topliss-reactive ketones (excluding diaryl/α,β-unsaturated/α-hetero) is 3. The third-order valence-corrected chi connectivity index (χ3v) is 27.1. The van der Waals surface area contributed by atoms with Gasteiger partial charge in [0.05, 0.1) is 37.9 Å². The molecule has 2 fully saturated rings. The topological polar surface area (TPSA) is 476 Å². The Morgan fingerprint density at radius 2 is 0.593 bits per heavy atom. The van der Waals surface area contributed by atoms with Crippen molar-refractivity contribution in [2.75, 3.05) is 74.4 Å².